The molecule has 1 aromatic rings. The summed E-state index contributed by atoms with van der Waals surface area (Å²) in [7, 11) is 2.00. The van der Waals surface area contributed by atoms with Crippen molar-refractivity contribution < 1.29 is 4.74 Å². The SMILES string of the molecule is CCOC1CC(CC(NC)c2cncnc2)C1. The highest BCUT2D eigenvalue weighted by Crippen LogP contribution is 2.36. The molecule has 1 aliphatic rings. The monoisotopic (exact) mass is 235 g/mol. The summed E-state index contributed by atoms with van der Waals surface area (Å²) < 4.78 is 5.58. The molecule has 17 heavy (non-hydrogen) atoms. The van der Waals surface area contributed by atoms with Gasteiger partial charge in [0.15, 0.2) is 0 Å². The van der Waals surface area contributed by atoms with Crippen LogP contribution in [0.3, 0.4) is 0 Å². The lowest BCUT2D eigenvalue weighted by Crippen LogP contribution is -2.34. The predicted octanol–water partition coefficient (Wildman–Crippen LogP) is 1.94. The number of nitrogens with one attached hydrogen (secondary N) is 1. The molecule has 0 aromatic carbocycles. The number of hydrogen-bond donors (Lipinski definition) is 1. The van der Waals surface area contributed by atoms with E-state index >= 15 is 0 Å². The van der Waals surface area contributed by atoms with Gasteiger partial charge in [-0.05, 0) is 39.2 Å². The van der Waals surface area contributed by atoms with Gasteiger partial charge < -0.3 is 10.1 Å². The first-order valence-electron chi connectivity index (χ1n) is 6.37. The van der Waals surface area contributed by atoms with E-state index in [2.05, 4.69) is 22.2 Å². The minimum absolute atomic E-state index is 0.365. The number of ether oxygens (including phenoxy) is 1. The molecule has 0 bridgehead atoms. The van der Waals surface area contributed by atoms with Crippen molar-refractivity contribution in [3.63, 3.8) is 0 Å². The van der Waals surface area contributed by atoms with Crippen molar-refractivity contribution in [3.05, 3.63) is 24.3 Å². The first-order valence-corrected chi connectivity index (χ1v) is 6.37. The van der Waals surface area contributed by atoms with Crippen molar-refractivity contribution in [2.45, 2.75) is 38.3 Å². The molecule has 1 fully saturated rings. The zero-order chi connectivity index (χ0) is 12.1. The smallest absolute Gasteiger partial charge is 0.115 e. The van der Waals surface area contributed by atoms with E-state index in [4.69, 9.17) is 4.74 Å². The molecule has 0 spiro atoms. The highest BCUT2D eigenvalue weighted by atomic mass is 16.5. The van der Waals surface area contributed by atoms with E-state index in [1.54, 1.807) is 6.33 Å². The van der Waals surface area contributed by atoms with Crippen LogP contribution in [0.5, 0.6) is 0 Å². The average Bonchev–Trinajstić information content (AvgIpc) is 2.33. The fraction of sp³-hybridized carbons (Fsp3) is 0.692. The van der Waals surface area contributed by atoms with Gasteiger partial charge in [-0.15, -0.1) is 0 Å². The predicted molar refractivity (Wildman–Crippen MR) is 66.6 cm³/mol. The van der Waals surface area contributed by atoms with Crippen LogP contribution in [0.15, 0.2) is 18.7 Å². The van der Waals surface area contributed by atoms with Gasteiger partial charge in [-0.2, -0.15) is 0 Å². The molecular weight excluding hydrogens is 214 g/mol. The first-order chi connectivity index (χ1) is 8.33. The highest BCUT2D eigenvalue weighted by Gasteiger charge is 2.31. The molecule has 0 aliphatic heterocycles. The van der Waals surface area contributed by atoms with Crippen LogP contribution >= 0.6 is 0 Å². The molecule has 0 saturated heterocycles. The molecule has 1 saturated carbocycles. The lowest BCUT2D eigenvalue weighted by atomic mass is 9.77. The molecule has 2 rings (SSSR count). The molecule has 1 unspecified atom stereocenters. The fourth-order valence-electron chi connectivity index (χ4n) is 2.48. The Morgan fingerprint density at radius 2 is 2.12 bits per heavy atom. The zero-order valence-corrected chi connectivity index (χ0v) is 10.6. The van der Waals surface area contributed by atoms with E-state index in [1.807, 2.05) is 19.4 Å². The molecule has 0 amide bonds. The van der Waals surface area contributed by atoms with Crippen LogP contribution in [0, 0.1) is 5.92 Å². The van der Waals surface area contributed by atoms with Crippen LogP contribution in [-0.4, -0.2) is 29.7 Å². The summed E-state index contributed by atoms with van der Waals surface area (Å²) in [6.07, 6.45) is 9.40. The van der Waals surface area contributed by atoms with E-state index in [-0.39, 0.29) is 0 Å². The Bertz CT molecular complexity index is 325. The molecule has 4 heteroatoms. The Hall–Kier alpha value is -1.00. The molecule has 1 N–H and O–H groups in total. The lowest BCUT2D eigenvalue weighted by Gasteiger charge is -2.37. The Balaban J connectivity index is 1.82. The Morgan fingerprint density at radius 1 is 1.41 bits per heavy atom. The summed E-state index contributed by atoms with van der Waals surface area (Å²) in [5, 5.41) is 3.34. The van der Waals surface area contributed by atoms with Gasteiger partial charge in [0, 0.05) is 30.6 Å². The molecular formula is C13H21N3O. The lowest BCUT2D eigenvalue weighted by molar-refractivity contribution is -0.0289. The third kappa shape index (κ3) is 3.23. The summed E-state index contributed by atoms with van der Waals surface area (Å²) in [5.41, 5.74) is 1.18. The Kier molecular flexibility index (Phi) is 4.45. The Labute approximate surface area is 103 Å². The molecule has 94 valence electrons. The van der Waals surface area contributed by atoms with Crippen molar-refractivity contribution in [1.29, 1.82) is 0 Å². The van der Waals surface area contributed by atoms with Crippen LogP contribution in [0.25, 0.3) is 0 Å². The highest BCUT2D eigenvalue weighted by molar-refractivity contribution is 5.09. The molecule has 4 nitrogen and oxygen atoms in total. The minimum atomic E-state index is 0.365. The van der Waals surface area contributed by atoms with Crippen molar-refractivity contribution in [2.75, 3.05) is 13.7 Å². The maximum Gasteiger partial charge on any atom is 0.115 e. The first kappa shape index (κ1) is 12.5. The maximum absolute atomic E-state index is 5.58. The Morgan fingerprint density at radius 3 is 2.71 bits per heavy atom. The van der Waals surface area contributed by atoms with Crippen LogP contribution < -0.4 is 5.32 Å². The largest absolute Gasteiger partial charge is 0.378 e. The van der Waals surface area contributed by atoms with Gasteiger partial charge in [-0.1, -0.05) is 0 Å². The van der Waals surface area contributed by atoms with E-state index in [0.29, 0.717) is 12.1 Å². The quantitative estimate of drug-likeness (QED) is 0.818. The molecule has 1 aromatic heterocycles. The maximum atomic E-state index is 5.58. The van der Waals surface area contributed by atoms with Gasteiger partial charge >= 0.3 is 0 Å². The van der Waals surface area contributed by atoms with Gasteiger partial charge in [0.25, 0.3) is 0 Å². The van der Waals surface area contributed by atoms with Gasteiger partial charge in [-0.25, -0.2) is 9.97 Å². The van der Waals surface area contributed by atoms with Crippen LogP contribution in [0.2, 0.25) is 0 Å². The number of aromatic nitrogens is 2. The van der Waals surface area contributed by atoms with Crippen molar-refractivity contribution in [2.24, 2.45) is 5.92 Å². The van der Waals surface area contributed by atoms with Crippen LogP contribution in [-0.2, 0) is 4.74 Å². The summed E-state index contributed by atoms with van der Waals surface area (Å²) in [6.45, 7) is 2.89. The van der Waals surface area contributed by atoms with Crippen molar-refractivity contribution in [1.82, 2.24) is 15.3 Å². The summed E-state index contributed by atoms with van der Waals surface area (Å²) in [4.78, 5) is 8.15. The molecule has 1 heterocycles. The topological polar surface area (TPSA) is 47.0 Å². The normalized spacial score (nSPS) is 25.3. The van der Waals surface area contributed by atoms with E-state index in [9.17, 15) is 0 Å². The van der Waals surface area contributed by atoms with Crippen LogP contribution in [0.4, 0.5) is 0 Å². The zero-order valence-electron chi connectivity index (χ0n) is 10.6. The number of nitrogens with zero attached hydrogens (tertiary/aromatic N) is 2. The van der Waals surface area contributed by atoms with Gasteiger partial charge in [0.05, 0.1) is 6.10 Å². The van der Waals surface area contributed by atoms with E-state index in [0.717, 1.165) is 18.9 Å². The van der Waals surface area contributed by atoms with Crippen molar-refractivity contribution in [3.8, 4) is 0 Å². The minimum Gasteiger partial charge on any atom is -0.378 e. The summed E-state index contributed by atoms with van der Waals surface area (Å²) in [6, 6.07) is 0.365. The standard InChI is InChI=1S/C13H21N3O/c1-3-17-12-4-10(5-12)6-13(14-2)11-7-15-9-16-8-11/h7-10,12-14H,3-6H2,1-2H3. The molecule has 1 atom stereocenters. The molecule has 1 aliphatic carbocycles. The van der Waals surface area contributed by atoms with E-state index in [1.165, 1.54) is 18.4 Å². The fourth-order valence-corrected chi connectivity index (χ4v) is 2.48. The average molecular weight is 235 g/mol. The van der Waals surface area contributed by atoms with Crippen molar-refractivity contribution >= 4 is 0 Å². The molecule has 0 radical (unpaired) electrons. The number of hydrogen-bond acceptors (Lipinski definition) is 4. The van der Waals surface area contributed by atoms with Crippen LogP contribution in [0.1, 0.15) is 37.8 Å². The third-order valence-corrected chi connectivity index (χ3v) is 3.50. The third-order valence-electron chi connectivity index (χ3n) is 3.50. The van der Waals surface area contributed by atoms with Gasteiger partial charge in [-0.3, -0.25) is 0 Å². The van der Waals surface area contributed by atoms with Gasteiger partial charge in [0.2, 0.25) is 0 Å². The van der Waals surface area contributed by atoms with E-state index < -0.39 is 0 Å². The second-order valence-corrected chi connectivity index (χ2v) is 4.66. The summed E-state index contributed by atoms with van der Waals surface area (Å²) >= 11 is 0. The number of rotatable bonds is 6. The van der Waals surface area contributed by atoms with Gasteiger partial charge in [0.1, 0.15) is 6.33 Å². The summed E-state index contributed by atoms with van der Waals surface area (Å²) in [5.74, 6) is 0.768. The second-order valence-electron chi connectivity index (χ2n) is 4.66. The second kappa shape index (κ2) is 6.07.